The van der Waals surface area contributed by atoms with E-state index in [1.54, 1.807) is 0 Å². The van der Waals surface area contributed by atoms with E-state index in [0.717, 1.165) is 12.1 Å². The average Bonchev–Trinajstić information content (AvgIpc) is 2.23. The lowest BCUT2D eigenvalue weighted by molar-refractivity contribution is 1.06. The summed E-state index contributed by atoms with van der Waals surface area (Å²) in [6, 6.07) is 14.5. The molecule has 0 radical (unpaired) electrons. The van der Waals surface area contributed by atoms with Crippen LogP contribution in [-0.4, -0.2) is 4.98 Å². The van der Waals surface area contributed by atoms with Gasteiger partial charge in [0.25, 0.3) is 0 Å². The van der Waals surface area contributed by atoms with E-state index in [0.29, 0.717) is 0 Å². The SMILES string of the molecule is Cc1ccccc1Cc1ccccn1. The van der Waals surface area contributed by atoms with Crippen LogP contribution in [0.3, 0.4) is 0 Å². The van der Waals surface area contributed by atoms with Crippen molar-refractivity contribution in [2.24, 2.45) is 0 Å². The smallest absolute Gasteiger partial charge is 0.0447 e. The molecule has 1 nitrogen and oxygen atoms in total. The molecule has 0 N–H and O–H groups in total. The molecule has 1 heterocycles. The minimum atomic E-state index is 0.924. The Morgan fingerprint density at radius 3 is 2.50 bits per heavy atom. The van der Waals surface area contributed by atoms with Crippen LogP contribution < -0.4 is 0 Å². The lowest BCUT2D eigenvalue weighted by atomic mass is 10.0. The molecule has 0 bridgehead atoms. The molecule has 0 atom stereocenters. The van der Waals surface area contributed by atoms with Crippen molar-refractivity contribution in [3.05, 3.63) is 65.5 Å². The minimum Gasteiger partial charge on any atom is -0.261 e. The molecule has 0 aliphatic rings. The molecule has 0 spiro atoms. The van der Waals surface area contributed by atoms with E-state index in [2.05, 4.69) is 42.2 Å². The highest BCUT2D eigenvalue weighted by atomic mass is 14.7. The highest BCUT2D eigenvalue weighted by Gasteiger charge is 1.98. The predicted octanol–water partition coefficient (Wildman–Crippen LogP) is 2.98. The van der Waals surface area contributed by atoms with Crippen LogP contribution in [0.5, 0.6) is 0 Å². The van der Waals surface area contributed by atoms with Crippen molar-refractivity contribution in [1.82, 2.24) is 4.98 Å². The summed E-state index contributed by atoms with van der Waals surface area (Å²) in [5.74, 6) is 0. The van der Waals surface area contributed by atoms with E-state index < -0.39 is 0 Å². The maximum atomic E-state index is 4.32. The molecule has 14 heavy (non-hydrogen) atoms. The topological polar surface area (TPSA) is 12.9 Å². The largest absolute Gasteiger partial charge is 0.261 e. The molecule has 0 aliphatic carbocycles. The van der Waals surface area contributed by atoms with Gasteiger partial charge < -0.3 is 0 Å². The number of hydrogen-bond acceptors (Lipinski definition) is 1. The van der Waals surface area contributed by atoms with Crippen LogP contribution in [-0.2, 0) is 6.42 Å². The standard InChI is InChI=1S/C13H13N/c1-11-6-2-3-7-12(11)10-13-8-4-5-9-14-13/h2-9H,10H2,1H3. The Kier molecular flexibility index (Phi) is 2.59. The van der Waals surface area contributed by atoms with E-state index in [1.807, 2.05) is 18.3 Å². The lowest BCUT2D eigenvalue weighted by Crippen LogP contribution is -1.93. The molecular formula is C13H13N. The number of rotatable bonds is 2. The van der Waals surface area contributed by atoms with Crippen molar-refractivity contribution in [2.45, 2.75) is 13.3 Å². The number of aryl methyl sites for hydroxylation is 1. The number of pyridine rings is 1. The first-order valence-electron chi connectivity index (χ1n) is 4.80. The van der Waals surface area contributed by atoms with Gasteiger partial charge in [0.05, 0.1) is 0 Å². The number of benzene rings is 1. The molecule has 0 aliphatic heterocycles. The Morgan fingerprint density at radius 2 is 1.79 bits per heavy atom. The Morgan fingerprint density at radius 1 is 1.00 bits per heavy atom. The van der Waals surface area contributed by atoms with Gasteiger partial charge in [0.15, 0.2) is 0 Å². The fourth-order valence-electron chi connectivity index (χ4n) is 1.51. The average molecular weight is 183 g/mol. The molecule has 2 aromatic rings. The molecular weight excluding hydrogens is 170 g/mol. The molecule has 1 heteroatoms. The Balaban J connectivity index is 2.24. The van der Waals surface area contributed by atoms with Gasteiger partial charge in [-0.3, -0.25) is 4.98 Å². The molecule has 1 aromatic heterocycles. The predicted molar refractivity (Wildman–Crippen MR) is 58.2 cm³/mol. The first kappa shape index (κ1) is 8.95. The van der Waals surface area contributed by atoms with Crippen LogP contribution in [0.25, 0.3) is 0 Å². The van der Waals surface area contributed by atoms with E-state index in [-0.39, 0.29) is 0 Å². The van der Waals surface area contributed by atoms with Gasteiger partial charge in [-0.1, -0.05) is 30.3 Å². The van der Waals surface area contributed by atoms with Gasteiger partial charge in [0, 0.05) is 18.3 Å². The molecule has 0 saturated heterocycles. The van der Waals surface area contributed by atoms with Crippen LogP contribution in [0.2, 0.25) is 0 Å². The number of nitrogens with zero attached hydrogens (tertiary/aromatic N) is 1. The first-order chi connectivity index (χ1) is 6.86. The summed E-state index contributed by atoms with van der Waals surface area (Å²) >= 11 is 0. The molecule has 0 amide bonds. The van der Waals surface area contributed by atoms with E-state index in [4.69, 9.17) is 0 Å². The van der Waals surface area contributed by atoms with Crippen molar-refractivity contribution in [1.29, 1.82) is 0 Å². The zero-order valence-electron chi connectivity index (χ0n) is 8.27. The monoisotopic (exact) mass is 183 g/mol. The van der Waals surface area contributed by atoms with Crippen molar-refractivity contribution in [3.8, 4) is 0 Å². The van der Waals surface area contributed by atoms with E-state index in [9.17, 15) is 0 Å². The number of aromatic nitrogens is 1. The van der Waals surface area contributed by atoms with Crippen LogP contribution >= 0.6 is 0 Å². The third-order valence-electron chi connectivity index (χ3n) is 2.36. The zero-order valence-corrected chi connectivity index (χ0v) is 8.27. The quantitative estimate of drug-likeness (QED) is 0.697. The maximum Gasteiger partial charge on any atom is 0.0447 e. The van der Waals surface area contributed by atoms with Gasteiger partial charge in [-0.2, -0.15) is 0 Å². The molecule has 0 fully saturated rings. The van der Waals surface area contributed by atoms with Crippen LogP contribution in [0.1, 0.15) is 16.8 Å². The van der Waals surface area contributed by atoms with Crippen molar-refractivity contribution >= 4 is 0 Å². The summed E-state index contributed by atoms with van der Waals surface area (Å²) < 4.78 is 0. The maximum absolute atomic E-state index is 4.32. The van der Waals surface area contributed by atoms with Crippen molar-refractivity contribution < 1.29 is 0 Å². The van der Waals surface area contributed by atoms with Gasteiger partial charge in [0.2, 0.25) is 0 Å². The van der Waals surface area contributed by atoms with Gasteiger partial charge in [-0.15, -0.1) is 0 Å². The summed E-state index contributed by atoms with van der Waals surface area (Å²) in [7, 11) is 0. The normalized spacial score (nSPS) is 10.1. The Hall–Kier alpha value is -1.63. The van der Waals surface area contributed by atoms with Gasteiger partial charge in [-0.25, -0.2) is 0 Å². The Bertz CT molecular complexity index is 407. The highest BCUT2D eigenvalue weighted by Crippen LogP contribution is 2.11. The summed E-state index contributed by atoms with van der Waals surface area (Å²) in [6.45, 7) is 2.14. The summed E-state index contributed by atoms with van der Waals surface area (Å²) in [5.41, 5.74) is 3.81. The minimum absolute atomic E-state index is 0.924. The van der Waals surface area contributed by atoms with Gasteiger partial charge in [-0.05, 0) is 30.2 Å². The summed E-state index contributed by atoms with van der Waals surface area (Å²) in [4.78, 5) is 4.32. The van der Waals surface area contributed by atoms with E-state index >= 15 is 0 Å². The summed E-state index contributed by atoms with van der Waals surface area (Å²) in [5, 5.41) is 0. The molecule has 0 saturated carbocycles. The van der Waals surface area contributed by atoms with Crippen LogP contribution in [0, 0.1) is 6.92 Å². The second-order valence-electron chi connectivity index (χ2n) is 3.42. The third kappa shape index (κ3) is 1.99. The third-order valence-corrected chi connectivity index (χ3v) is 2.36. The second-order valence-corrected chi connectivity index (χ2v) is 3.42. The molecule has 70 valence electrons. The van der Waals surface area contributed by atoms with E-state index in [1.165, 1.54) is 11.1 Å². The van der Waals surface area contributed by atoms with Crippen LogP contribution in [0.4, 0.5) is 0 Å². The first-order valence-corrected chi connectivity index (χ1v) is 4.80. The molecule has 2 rings (SSSR count). The van der Waals surface area contributed by atoms with Gasteiger partial charge >= 0.3 is 0 Å². The van der Waals surface area contributed by atoms with Crippen molar-refractivity contribution in [3.63, 3.8) is 0 Å². The Labute approximate surface area is 84.4 Å². The summed E-state index contributed by atoms with van der Waals surface area (Å²) in [6.07, 6.45) is 2.76. The molecule has 1 aromatic carbocycles. The zero-order chi connectivity index (χ0) is 9.80. The highest BCUT2D eigenvalue weighted by molar-refractivity contribution is 5.29. The van der Waals surface area contributed by atoms with Gasteiger partial charge in [0.1, 0.15) is 0 Å². The van der Waals surface area contributed by atoms with Crippen molar-refractivity contribution in [2.75, 3.05) is 0 Å². The fourth-order valence-corrected chi connectivity index (χ4v) is 1.51. The molecule has 0 unspecified atom stereocenters. The lowest BCUT2D eigenvalue weighted by Gasteiger charge is -2.03. The number of hydrogen-bond donors (Lipinski definition) is 0. The van der Waals surface area contributed by atoms with Crippen LogP contribution in [0.15, 0.2) is 48.7 Å². The fraction of sp³-hybridized carbons (Fsp3) is 0.154. The second kappa shape index (κ2) is 4.05.